The number of benzene rings is 2. The highest BCUT2D eigenvalue weighted by molar-refractivity contribution is 6.42. The number of carbonyl (C=O) groups excluding carboxylic acids is 2. The molecule has 5 nitrogen and oxygen atoms in total. The molecule has 0 aliphatic rings. The number of hydrogen-bond acceptors (Lipinski definition) is 3. The lowest BCUT2D eigenvalue weighted by atomic mass is 10.1. The maximum Gasteiger partial charge on any atom is 0.261 e. The first kappa shape index (κ1) is 26.0. The Bertz CT molecular complexity index is 999. The summed E-state index contributed by atoms with van der Waals surface area (Å²) in [5.74, 6) is 0.122. The van der Waals surface area contributed by atoms with Crippen LogP contribution >= 0.6 is 23.2 Å². The van der Waals surface area contributed by atoms with E-state index in [0.717, 1.165) is 22.3 Å². The lowest BCUT2D eigenvalue weighted by Crippen LogP contribution is -2.53. The van der Waals surface area contributed by atoms with Gasteiger partial charge in [-0.05, 0) is 88.9 Å². The molecule has 2 aromatic rings. The van der Waals surface area contributed by atoms with Crippen molar-refractivity contribution in [1.29, 1.82) is 0 Å². The van der Waals surface area contributed by atoms with Gasteiger partial charge < -0.3 is 15.0 Å². The molecule has 0 saturated carbocycles. The summed E-state index contributed by atoms with van der Waals surface area (Å²) in [5.41, 5.74) is 3.49. The van der Waals surface area contributed by atoms with E-state index in [1.54, 1.807) is 25.1 Å². The third-order valence-electron chi connectivity index (χ3n) is 5.12. The molecule has 2 rings (SSSR count). The van der Waals surface area contributed by atoms with Gasteiger partial charge in [0.2, 0.25) is 5.91 Å². The highest BCUT2D eigenvalue weighted by atomic mass is 35.5. The van der Waals surface area contributed by atoms with Gasteiger partial charge in [-0.25, -0.2) is 0 Å². The van der Waals surface area contributed by atoms with Crippen molar-refractivity contribution < 1.29 is 14.3 Å². The van der Waals surface area contributed by atoms with Crippen LogP contribution in [0.4, 0.5) is 0 Å². The largest absolute Gasteiger partial charge is 0.483 e. The van der Waals surface area contributed by atoms with Gasteiger partial charge in [0.15, 0.2) is 6.61 Å². The van der Waals surface area contributed by atoms with Crippen LogP contribution in [0.2, 0.25) is 10.0 Å². The Labute approximate surface area is 201 Å². The first-order valence-electron chi connectivity index (χ1n) is 10.5. The molecule has 0 bridgehead atoms. The van der Waals surface area contributed by atoms with Gasteiger partial charge in [0.25, 0.3) is 5.91 Å². The molecular weight excluding hydrogens is 447 g/mol. The summed E-state index contributed by atoms with van der Waals surface area (Å²) in [6.45, 7) is 13.4. The predicted octanol–water partition coefficient (Wildman–Crippen LogP) is 5.63. The minimum absolute atomic E-state index is 0.182. The van der Waals surface area contributed by atoms with Crippen molar-refractivity contribution >= 4 is 35.0 Å². The smallest absolute Gasteiger partial charge is 0.261 e. The van der Waals surface area contributed by atoms with Crippen LogP contribution in [-0.4, -0.2) is 34.9 Å². The van der Waals surface area contributed by atoms with Gasteiger partial charge in [-0.2, -0.15) is 0 Å². The normalized spacial score (nSPS) is 12.3. The second-order valence-electron chi connectivity index (χ2n) is 9.18. The van der Waals surface area contributed by atoms with Gasteiger partial charge in [0.05, 0.1) is 10.0 Å². The molecule has 0 aromatic heterocycles. The van der Waals surface area contributed by atoms with Crippen LogP contribution in [0.1, 0.15) is 49.9 Å². The Morgan fingerprint density at radius 1 is 1.06 bits per heavy atom. The molecule has 0 spiro atoms. The minimum atomic E-state index is -0.708. The Kier molecular flexibility index (Phi) is 8.60. The summed E-state index contributed by atoms with van der Waals surface area (Å²) in [7, 11) is 0. The molecule has 7 heteroatoms. The second kappa shape index (κ2) is 10.6. The number of ether oxygens (including phenoxy) is 1. The number of rotatable bonds is 7. The van der Waals surface area contributed by atoms with Crippen molar-refractivity contribution in [3.8, 4) is 5.75 Å². The van der Waals surface area contributed by atoms with E-state index in [-0.39, 0.29) is 25.0 Å². The first-order chi connectivity index (χ1) is 14.8. The third-order valence-corrected chi connectivity index (χ3v) is 5.86. The van der Waals surface area contributed by atoms with Crippen LogP contribution < -0.4 is 10.1 Å². The topological polar surface area (TPSA) is 58.6 Å². The number of aryl methyl sites for hydroxylation is 2. The summed E-state index contributed by atoms with van der Waals surface area (Å²) in [6, 6.07) is 8.44. The van der Waals surface area contributed by atoms with E-state index in [9.17, 15) is 9.59 Å². The molecule has 1 N–H and O–H groups in total. The van der Waals surface area contributed by atoms with Crippen LogP contribution in [0.5, 0.6) is 5.75 Å². The highest BCUT2D eigenvalue weighted by Gasteiger charge is 2.29. The minimum Gasteiger partial charge on any atom is -0.483 e. The van der Waals surface area contributed by atoms with Gasteiger partial charge in [-0.3, -0.25) is 9.59 Å². The number of amides is 2. The van der Waals surface area contributed by atoms with E-state index in [1.807, 2.05) is 47.6 Å². The summed E-state index contributed by atoms with van der Waals surface area (Å²) < 4.78 is 5.88. The maximum absolute atomic E-state index is 13.2. The van der Waals surface area contributed by atoms with Crippen LogP contribution in [0.25, 0.3) is 0 Å². The molecule has 0 heterocycles. The number of nitrogens with one attached hydrogen (secondary N) is 1. The Morgan fingerprint density at radius 2 is 1.72 bits per heavy atom. The van der Waals surface area contributed by atoms with Crippen molar-refractivity contribution in [3.63, 3.8) is 0 Å². The first-order valence-corrected chi connectivity index (χ1v) is 11.3. The summed E-state index contributed by atoms with van der Waals surface area (Å²) in [5, 5.41) is 3.76. The number of hydrogen-bond donors (Lipinski definition) is 1. The van der Waals surface area contributed by atoms with Crippen molar-refractivity contribution in [3.05, 3.63) is 62.6 Å². The second-order valence-corrected chi connectivity index (χ2v) is 9.99. The summed E-state index contributed by atoms with van der Waals surface area (Å²) in [6.07, 6.45) is 0. The van der Waals surface area contributed by atoms with Crippen LogP contribution in [-0.2, 0) is 16.1 Å². The van der Waals surface area contributed by atoms with Crippen molar-refractivity contribution in [2.24, 2.45) is 0 Å². The molecule has 0 radical (unpaired) electrons. The van der Waals surface area contributed by atoms with E-state index in [1.165, 1.54) is 4.90 Å². The lowest BCUT2D eigenvalue weighted by Gasteiger charge is -2.31. The average Bonchev–Trinajstić information content (AvgIpc) is 2.68. The van der Waals surface area contributed by atoms with Gasteiger partial charge in [0, 0.05) is 12.1 Å². The van der Waals surface area contributed by atoms with Crippen molar-refractivity contribution in [1.82, 2.24) is 10.2 Å². The fourth-order valence-electron chi connectivity index (χ4n) is 3.26. The molecule has 2 amide bonds. The third kappa shape index (κ3) is 7.14. The van der Waals surface area contributed by atoms with Gasteiger partial charge >= 0.3 is 0 Å². The van der Waals surface area contributed by atoms with Crippen LogP contribution in [0, 0.1) is 20.8 Å². The van der Waals surface area contributed by atoms with Crippen molar-refractivity contribution in [2.45, 2.75) is 66.6 Å². The van der Waals surface area contributed by atoms with Gasteiger partial charge in [-0.1, -0.05) is 35.3 Å². The average molecular weight is 479 g/mol. The van der Waals surface area contributed by atoms with E-state index in [2.05, 4.69) is 11.4 Å². The number of nitrogens with zero attached hydrogens (tertiary/aromatic N) is 1. The van der Waals surface area contributed by atoms with Crippen LogP contribution in [0.15, 0.2) is 30.3 Å². The maximum atomic E-state index is 13.2. The molecule has 0 aliphatic carbocycles. The molecule has 174 valence electrons. The molecule has 1 atom stereocenters. The highest BCUT2D eigenvalue weighted by Crippen LogP contribution is 2.25. The zero-order chi connectivity index (χ0) is 24.2. The van der Waals surface area contributed by atoms with Gasteiger partial charge in [-0.15, -0.1) is 0 Å². The van der Waals surface area contributed by atoms with E-state index < -0.39 is 11.6 Å². The Hall–Kier alpha value is -2.24. The summed E-state index contributed by atoms with van der Waals surface area (Å²) >= 11 is 12.2. The zero-order valence-electron chi connectivity index (χ0n) is 19.8. The quantitative estimate of drug-likeness (QED) is 0.560. The molecule has 0 saturated heterocycles. The zero-order valence-corrected chi connectivity index (χ0v) is 21.3. The molecular formula is C25H32Cl2N2O3. The fourth-order valence-corrected chi connectivity index (χ4v) is 3.59. The van der Waals surface area contributed by atoms with E-state index in [4.69, 9.17) is 27.9 Å². The fraction of sp³-hybridized carbons (Fsp3) is 0.440. The number of carbonyl (C=O) groups is 2. The Balaban J connectivity index is 2.26. The molecule has 0 unspecified atom stereocenters. The Morgan fingerprint density at radius 3 is 2.31 bits per heavy atom. The van der Waals surface area contributed by atoms with E-state index in [0.29, 0.717) is 15.8 Å². The number of halogens is 2. The van der Waals surface area contributed by atoms with E-state index >= 15 is 0 Å². The molecule has 0 aliphatic heterocycles. The van der Waals surface area contributed by atoms with Crippen molar-refractivity contribution in [2.75, 3.05) is 6.61 Å². The molecule has 2 aromatic carbocycles. The standard InChI is InChI=1S/C25H32Cl2N2O3/c1-15-10-16(2)17(3)22(11-15)32-14-23(30)29(18(4)24(31)28-25(5,6)7)13-19-8-9-20(26)21(27)12-19/h8-12,18H,13-14H2,1-7H3,(H,28,31)/t18-/m0/s1. The van der Waals surface area contributed by atoms with Gasteiger partial charge in [0.1, 0.15) is 11.8 Å². The predicted molar refractivity (Wildman–Crippen MR) is 131 cm³/mol. The SMILES string of the molecule is Cc1cc(C)c(C)c(OCC(=O)N(Cc2ccc(Cl)c(Cl)c2)[C@@H](C)C(=O)NC(C)(C)C)c1. The monoisotopic (exact) mass is 478 g/mol. The molecule has 32 heavy (non-hydrogen) atoms. The van der Waals surface area contributed by atoms with Crippen LogP contribution in [0.3, 0.4) is 0 Å². The summed E-state index contributed by atoms with van der Waals surface area (Å²) in [4.78, 5) is 27.6. The lowest BCUT2D eigenvalue weighted by molar-refractivity contribution is -0.142. The molecule has 0 fully saturated rings.